The van der Waals surface area contributed by atoms with E-state index in [1.54, 1.807) is 26.0 Å². The van der Waals surface area contributed by atoms with E-state index < -0.39 is 0 Å². The van der Waals surface area contributed by atoms with Gasteiger partial charge in [0.2, 0.25) is 0 Å². The number of hydrogen-bond donors (Lipinski definition) is 1. The van der Waals surface area contributed by atoms with Crippen LogP contribution in [-0.4, -0.2) is 20.1 Å². The van der Waals surface area contributed by atoms with Crippen molar-refractivity contribution in [3.8, 4) is 11.5 Å². The molecular formula is C24H24ClNO3S. The smallest absolute Gasteiger partial charge is 0.251 e. The molecule has 0 saturated carbocycles. The van der Waals surface area contributed by atoms with E-state index in [4.69, 9.17) is 21.1 Å². The summed E-state index contributed by atoms with van der Waals surface area (Å²) in [4.78, 5) is 13.9. The summed E-state index contributed by atoms with van der Waals surface area (Å²) >= 11 is 7.65. The fraction of sp³-hybridized carbons (Fsp3) is 0.208. The van der Waals surface area contributed by atoms with Crippen molar-refractivity contribution in [2.45, 2.75) is 23.6 Å². The molecule has 0 aliphatic rings. The zero-order chi connectivity index (χ0) is 21.5. The zero-order valence-corrected chi connectivity index (χ0v) is 18.7. The van der Waals surface area contributed by atoms with Crippen LogP contribution in [0.2, 0.25) is 5.02 Å². The molecule has 0 bridgehead atoms. The number of carbonyl (C=O) groups excluding carboxylic acids is 1. The minimum Gasteiger partial charge on any atom is -0.497 e. The number of rotatable bonds is 8. The van der Waals surface area contributed by atoms with Gasteiger partial charge in [0.15, 0.2) is 0 Å². The van der Waals surface area contributed by atoms with Gasteiger partial charge in [-0.2, -0.15) is 0 Å². The largest absolute Gasteiger partial charge is 0.497 e. The van der Waals surface area contributed by atoms with Crippen molar-refractivity contribution in [1.82, 2.24) is 5.32 Å². The number of halogens is 1. The van der Waals surface area contributed by atoms with E-state index in [1.165, 1.54) is 0 Å². The average Bonchev–Trinajstić information content (AvgIpc) is 2.78. The SMILES string of the molecule is COc1ccc(OC)c([C@H](C)NC(=O)c2ccc(CSc3ccc(Cl)cc3)cc2)c1. The summed E-state index contributed by atoms with van der Waals surface area (Å²) in [5.74, 6) is 2.11. The van der Waals surface area contributed by atoms with Crippen LogP contribution in [0, 0.1) is 0 Å². The van der Waals surface area contributed by atoms with Gasteiger partial charge in [0.25, 0.3) is 5.91 Å². The van der Waals surface area contributed by atoms with Crippen molar-refractivity contribution in [2.24, 2.45) is 0 Å². The summed E-state index contributed by atoms with van der Waals surface area (Å²) < 4.78 is 10.7. The summed E-state index contributed by atoms with van der Waals surface area (Å²) in [6.07, 6.45) is 0. The third-order valence-corrected chi connectivity index (χ3v) is 6.02. The van der Waals surface area contributed by atoms with Crippen LogP contribution in [0.15, 0.2) is 71.6 Å². The topological polar surface area (TPSA) is 47.6 Å². The van der Waals surface area contributed by atoms with E-state index in [1.807, 2.05) is 73.7 Å². The van der Waals surface area contributed by atoms with Gasteiger partial charge in [-0.05, 0) is 67.1 Å². The monoisotopic (exact) mass is 441 g/mol. The second-order valence-electron chi connectivity index (χ2n) is 6.74. The number of amides is 1. The number of hydrogen-bond acceptors (Lipinski definition) is 4. The Bertz CT molecular complexity index is 990. The van der Waals surface area contributed by atoms with Gasteiger partial charge in [-0.3, -0.25) is 4.79 Å². The first-order chi connectivity index (χ1) is 14.5. The second kappa shape index (κ2) is 10.4. The van der Waals surface area contributed by atoms with Crippen LogP contribution in [0.25, 0.3) is 0 Å². The average molecular weight is 442 g/mol. The van der Waals surface area contributed by atoms with Crippen molar-refractivity contribution in [3.05, 3.63) is 88.4 Å². The van der Waals surface area contributed by atoms with E-state index in [0.29, 0.717) is 11.3 Å². The van der Waals surface area contributed by atoms with E-state index in [0.717, 1.165) is 32.5 Å². The molecule has 0 aromatic heterocycles. The molecule has 6 heteroatoms. The summed E-state index contributed by atoms with van der Waals surface area (Å²) in [5, 5.41) is 3.76. The Morgan fingerprint density at radius 2 is 1.70 bits per heavy atom. The lowest BCUT2D eigenvalue weighted by Gasteiger charge is -2.18. The molecule has 30 heavy (non-hydrogen) atoms. The predicted octanol–water partition coefficient (Wildman–Crippen LogP) is 6.14. The number of ether oxygens (including phenoxy) is 2. The maximum atomic E-state index is 12.7. The highest BCUT2D eigenvalue weighted by atomic mass is 35.5. The lowest BCUT2D eigenvalue weighted by atomic mass is 10.1. The van der Waals surface area contributed by atoms with Crippen LogP contribution in [0.4, 0.5) is 0 Å². The van der Waals surface area contributed by atoms with Crippen LogP contribution in [-0.2, 0) is 5.75 Å². The second-order valence-corrected chi connectivity index (χ2v) is 8.23. The summed E-state index contributed by atoms with van der Waals surface area (Å²) in [6.45, 7) is 1.92. The molecule has 1 amide bonds. The van der Waals surface area contributed by atoms with Gasteiger partial charge in [0, 0.05) is 26.8 Å². The molecule has 0 aliphatic heterocycles. The first-order valence-corrected chi connectivity index (χ1v) is 10.9. The molecule has 0 heterocycles. The Balaban J connectivity index is 1.62. The van der Waals surface area contributed by atoms with E-state index in [9.17, 15) is 4.79 Å². The minimum atomic E-state index is -0.234. The number of methoxy groups -OCH3 is 2. The van der Waals surface area contributed by atoms with Crippen molar-refractivity contribution in [2.75, 3.05) is 14.2 Å². The van der Waals surface area contributed by atoms with Crippen LogP contribution in [0.3, 0.4) is 0 Å². The molecule has 4 nitrogen and oxygen atoms in total. The molecule has 1 N–H and O–H groups in total. The van der Waals surface area contributed by atoms with Crippen molar-refractivity contribution in [1.29, 1.82) is 0 Å². The molecule has 3 rings (SSSR count). The fourth-order valence-electron chi connectivity index (χ4n) is 2.99. The zero-order valence-electron chi connectivity index (χ0n) is 17.1. The number of benzene rings is 3. The number of thioether (sulfide) groups is 1. The molecular weight excluding hydrogens is 418 g/mol. The van der Waals surface area contributed by atoms with Gasteiger partial charge in [0.05, 0.1) is 20.3 Å². The van der Waals surface area contributed by atoms with E-state index >= 15 is 0 Å². The lowest BCUT2D eigenvalue weighted by molar-refractivity contribution is 0.0939. The summed E-state index contributed by atoms with van der Waals surface area (Å²) in [7, 11) is 3.22. The van der Waals surface area contributed by atoms with Crippen LogP contribution < -0.4 is 14.8 Å². The Hall–Kier alpha value is -2.63. The Morgan fingerprint density at radius 3 is 2.33 bits per heavy atom. The molecule has 1 atom stereocenters. The standard InChI is InChI=1S/C24H24ClNO3S/c1-16(22-14-20(28-2)10-13-23(22)29-3)26-24(27)18-6-4-17(5-7-18)15-30-21-11-8-19(25)9-12-21/h4-14,16H,15H2,1-3H3,(H,26,27)/t16-/m0/s1. The van der Waals surface area contributed by atoms with Crippen molar-refractivity contribution >= 4 is 29.3 Å². The van der Waals surface area contributed by atoms with Gasteiger partial charge >= 0.3 is 0 Å². The summed E-state index contributed by atoms with van der Waals surface area (Å²) in [5.41, 5.74) is 2.62. The highest BCUT2D eigenvalue weighted by Crippen LogP contribution is 2.29. The molecule has 0 radical (unpaired) electrons. The third-order valence-electron chi connectivity index (χ3n) is 4.69. The highest BCUT2D eigenvalue weighted by molar-refractivity contribution is 7.98. The lowest BCUT2D eigenvalue weighted by Crippen LogP contribution is -2.27. The molecule has 0 spiro atoms. The molecule has 0 fully saturated rings. The predicted molar refractivity (Wildman–Crippen MR) is 123 cm³/mol. The van der Waals surface area contributed by atoms with Gasteiger partial charge in [0.1, 0.15) is 11.5 Å². The molecule has 0 aliphatic carbocycles. The van der Waals surface area contributed by atoms with E-state index in [-0.39, 0.29) is 11.9 Å². The molecule has 0 saturated heterocycles. The van der Waals surface area contributed by atoms with Crippen LogP contribution in [0.5, 0.6) is 11.5 Å². The minimum absolute atomic E-state index is 0.135. The van der Waals surface area contributed by atoms with Crippen molar-refractivity contribution < 1.29 is 14.3 Å². The molecule has 0 unspecified atom stereocenters. The Morgan fingerprint density at radius 1 is 1.00 bits per heavy atom. The van der Waals surface area contributed by atoms with Gasteiger partial charge in [-0.15, -0.1) is 11.8 Å². The number of carbonyl (C=O) groups is 1. The maximum absolute atomic E-state index is 12.7. The van der Waals surface area contributed by atoms with Crippen LogP contribution >= 0.6 is 23.4 Å². The van der Waals surface area contributed by atoms with Crippen LogP contribution in [0.1, 0.15) is 34.5 Å². The van der Waals surface area contributed by atoms with Gasteiger partial charge in [-0.25, -0.2) is 0 Å². The number of nitrogens with one attached hydrogen (secondary N) is 1. The maximum Gasteiger partial charge on any atom is 0.251 e. The molecule has 3 aromatic rings. The molecule has 3 aromatic carbocycles. The fourth-order valence-corrected chi connectivity index (χ4v) is 3.97. The normalized spacial score (nSPS) is 11.6. The first kappa shape index (κ1) is 22.1. The summed E-state index contributed by atoms with van der Waals surface area (Å²) in [6, 6.07) is 20.7. The highest BCUT2D eigenvalue weighted by Gasteiger charge is 2.16. The van der Waals surface area contributed by atoms with Gasteiger partial charge < -0.3 is 14.8 Å². The Labute approximate surface area is 186 Å². The quantitative estimate of drug-likeness (QED) is 0.426. The van der Waals surface area contributed by atoms with Gasteiger partial charge in [-0.1, -0.05) is 23.7 Å². The Kier molecular flexibility index (Phi) is 7.66. The van der Waals surface area contributed by atoms with E-state index in [2.05, 4.69) is 5.32 Å². The van der Waals surface area contributed by atoms with Crippen molar-refractivity contribution in [3.63, 3.8) is 0 Å². The third kappa shape index (κ3) is 5.71. The first-order valence-electron chi connectivity index (χ1n) is 9.50. The molecule has 156 valence electrons.